The van der Waals surface area contributed by atoms with Crippen molar-refractivity contribution in [2.24, 2.45) is 0 Å². The number of anilines is 1. The topological polar surface area (TPSA) is 102 Å². The summed E-state index contributed by atoms with van der Waals surface area (Å²) >= 11 is 2.41. The molecule has 2 aliphatic rings. The van der Waals surface area contributed by atoms with Crippen molar-refractivity contribution in [2.75, 3.05) is 11.5 Å². The molecule has 2 atom stereocenters. The Labute approximate surface area is 262 Å². The third kappa shape index (κ3) is 5.94. The highest BCUT2D eigenvalue weighted by molar-refractivity contribution is 8.00. The predicted molar refractivity (Wildman–Crippen MR) is 168 cm³/mol. The number of hydrogen-bond acceptors (Lipinski definition) is 9. The van der Waals surface area contributed by atoms with Crippen LogP contribution in [0, 0.1) is 5.82 Å². The number of aromatic nitrogens is 2. The second kappa shape index (κ2) is 12.8. The molecule has 4 aromatic rings. The second-order valence-corrected chi connectivity index (χ2v) is 12.8. The number of aliphatic hydroxyl groups is 1. The maximum atomic E-state index is 14.2. The maximum absolute atomic E-state index is 14.2. The van der Waals surface area contributed by atoms with E-state index in [1.807, 2.05) is 13.0 Å². The van der Waals surface area contributed by atoms with Crippen LogP contribution in [0.25, 0.3) is 5.76 Å². The van der Waals surface area contributed by atoms with E-state index in [9.17, 15) is 19.1 Å². The fourth-order valence-electron chi connectivity index (χ4n) is 5.29. The molecule has 3 heterocycles. The van der Waals surface area contributed by atoms with Crippen LogP contribution in [0.2, 0.25) is 0 Å². The number of unbranched alkanes of at least 4 members (excludes halogenated alkanes) is 1. The van der Waals surface area contributed by atoms with E-state index in [0.29, 0.717) is 45.6 Å². The molecule has 0 radical (unpaired) electrons. The van der Waals surface area contributed by atoms with Gasteiger partial charge in [-0.1, -0.05) is 66.8 Å². The van der Waals surface area contributed by atoms with Crippen molar-refractivity contribution in [1.82, 2.24) is 10.2 Å². The summed E-state index contributed by atoms with van der Waals surface area (Å²) in [5.41, 5.74) is 2.37. The molecule has 44 heavy (non-hydrogen) atoms. The Balaban J connectivity index is 1.39. The SMILES string of the molecule is CCCCOc1cccc([C@@H]2C(=C(O)c3ccc4c(c3)C[C@@H](C)O4)C(=O)C(=O)N2c2nnc(SCc3ccccc3F)s2)c1. The molecule has 1 aromatic heterocycles. The monoisotopic (exact) mass is 631 g/mol. The highest BCUT2D eigenvalue weighted by Gasteiger charge is 2.48. The average Bonchev–Trinajstić information content (AvgIpc) is 3.71. The molecule has 0 aliphatic carbocycles. The lowest BCUT2D eigenvalue weighted by molar-refractivity contribution is -0.132. The molecule has 0 unspecified atom stereocenters. The van der Waals surface area contributed by atoms with Crippen LogP contribution in [0.4, 0.5) is 9.52 Å². The van der Waals surface area contributed by atoms with Gasteiger partial charge in [0.05, 0.1) is 18.2 Å². The molecule has 3 aromatic carbocycles. The smallest absolute Gasteiger partial charge is 0.301 e. The number of benzene rings is 3. The largest absolute Gasteiger partial charge is 0.507 e. The van der Waals surface area contributed by atoms with Crippen molar-refractivity contribution < 1.29 is 28.6 Å². The predicted octanol–water partition coefficient (Wildman–Crippen LogP) is 7.10. The van der Waals surface area contributed by atoms with Gasteiger partial charge in [-0.15, -0.1) is 10.2 Å². The highest BCUT2D eigenvalue weighted by atomic mass is 32.2. The molecule has 226 valence electrons. The first-order valence-electron chi connectivity index (χ1n) is 14.4. The van der Waals surface area contributed by atoms with E-state index in [1.54, 1.807) is 54.6 Å². The number of ketones is 1. The quantitative estimate of drug-likeness (QED) is 0.0494. The Kier molecular flexibility index (Phi) is 8.67. The van der Waals surface area contributed by atoms with Gasteiger partial charge in [-0.2, -0.15) is 0 Å². The number of hydrogen-bond donors (Lipinski definition) is 1. The number of halogens is 1. The van der Waals surface area contributed by atoms with Crippen LogP contribution >= 0.6 is 23.1 Å². The van der Waals surface area contributed by atoms with Crippen LogP contribution in [0.3, 0.4) is 0 Å². The van der Waals surface area contributed by atoms with Crippen molar-refractivity contribution in [3.63, 3.8) is 0 Å². The number of thioether (sulfide) groups is 1. The Hall–Kier alpha value is -4.22. The number of ether oxygens (including phenoxy) is 2. The first kappa shape index (κ1) is 29.8. The molecule has 11 heteroatoms. The summed E-state index contributed by atoms with van der Waals surface area (Å²) in [6.45, 7) is 4.56. The molecule has 0 bridgehead atoms. The lowest BCUT2D eigenvalue weighted by Gasteiger charge is -2.23. The summed E-state index contributed by atoms with van der Waals surface area (Å²) in [6, 6.07) is 17.9. The third-order valence-corrected chi connectivity index (χ3v) is 9.57. The summed E-state index contributed by atoms with van der Waals surface area (Å²) in [5, 5.41) is 20.3. The minimum Gasteiger partial charge on any atom is -0.507 e. The molecular weight excluding hydrogens is 602 g/mol. The molecule has 8 nitrogen and oxygen atoms in total. The van der Waals surface area contributed by atoms with Gasteiger partial charge < -0.3 is 14.6 Å². The number of fused-ring (bicyclic) bond motifs is 1. The molecule has 1 saturated heterocycles. The fraction of sp³-hybridized carbons (Fsp3) is 0.273. The minimum atomic E-state index is -0.981. The van der Waals surface area contributed by atoms with Crippen molar-refractivity contribution in [1.29, 1.82) is 0 Å². The highest BCUT2D eigenvalue weighted by Crippen LogP contribution is 2.45. The van der Waals surface area contributed by atoms with Gasteiger partial charge >= 0.3 is 5.91 Å². The van der Waals surface area contributed by atoms with Gasteiger partial charge in [-0.3, -0.25) is 14.5 Å². The molecule has 0 spiro atoms. The van der Waals surface area contributed by atoms with Gasteiger partial charge in [0, 0.05) is 17.7 Å². The molecule has 6 rings (SSSR count). The van der Waals surface area contributed by atoms with E-state index < -0.39 is 17.7 Å². The van der Waals surface area contributed by atoms with Crippen molar-refractivity contribution in [3.05, 3.63) is 100 Å². The summed E-state index contributed by atoms with van der Waals surface area (Å²) in [6.07, 6.45) is 2.52. The number of carbonyl (C=O) groups is 2. The van der Waals surface area contributed by atoms with Crippen molar-refractivity contribution in [3.8, 4) is 11.5 Å². The number of rotatable bonds is 10. The summed E-state index contributed by atoms with van der Waals surface area (Å²) in [4.78, 5) is 28.6. The van der Waals surface area contributed by atoms with Gasteiger partial charge in [-0.25, -0.2) is 4.39 Å². The Morgan fingerprint density at radius 1 is 1.14 bits per heavy atom. The van der Waals surface area contributed by atoms with E-state index in [2.05, 4.69) is 17.1 Å². The van der Waals surface area contributed by atoms with E-state index in [1.165, 1.54) is 22.7 Å². The molecule has 0 saturated carbocycles. The first-order chi connectivity index (χ1) is 21.3. The lowest BCUT2D eigenvalue weighted by atomic mass is 9.94. The van der Waals surface area contributed by atoms with Crippen LogP contribution in [0.1, 0.15) is 55.0 Å². The average molecular weight is 632 g/mol. The van der Waals surface area contributed by atoms with E-state index in [-0.39, 0.29) is 28.4 Å². The van der Waals surface area contributed by atoms with Gasteiger partial charge in [0.15, 0.2) is 4.34 Å². The lowest BCUT2D eigenvalue weighted by Crippen LogP contribution is -2.29. The molecule has 1 fully saturated rings. The van der Waals surface area contributed by atoms with Crippen LogP contribution in [-0.4, -0.2) is 39.7 Å². The summed E-state index contributed by atoms with van der Waals surface area (Å²) in [7, 11) is 0. The molecule has 1 N–H and O–H groups in total. The second-order valence-electron chi connectivity index (χ2n) is 10.6. The maximum Gasteiger partial charge on any atom is 0.301 e. The van der Waals surface area contributed by atoms with Gasteiger partial charge in [0.2, 0.25) is 5.13 Å². The van der Waals surface area contributed by atoms with Crippen LogP contribution in [0.5, 0.6) is 11.5 Å². The first-order valence-corrected chi connectivity index (χ1v) is 16.2. The zero-order valence-electron chi connectivity index (χ0n) is 24.2. The molecule has 1 amide bonds. The third-order valence-electron chi connectivity index (χ3n) is 7.47. The van der Waals surface area contributed by atoms with E-state index in [0.717, 1.165) is 35.5 Å². The zero-order chi connectivity index (χ0) is 30.8. The van der Waals surface area contributed by atoms with E-state index >= 15 is 0 Å². The van der Waals surface area contributed by atoms with E-state index in [4.69, 9.17) is 9.47 Å². The number of Topliss-reactive ketones (excluding diaryl/α,β-unsaturated/α-hetero) is 1. The fourth-order valence-corrected chi connectivity index (χ4v) is 7.15. The van der Waals surface area contributed by atoms with Crippen molar-refractivity contribution in [2.45, 2.75) is 55.3 Å². The summed E-state index contributed by atoms with van der Waals surface area (Å²) < 4.78 is 26.4. The molecule has 2 aliphatic heterocycles. The zero-order valence-corrected chi connectivity index (χ0v) is 25.8. The standard InChI is InChI=1S/C33H30FN3O5S2/c1-3-4-14-41-24-10-7-9-20(17-24)28-27(29(38)21-12-13-26-23(16-21)15-19(2)42-26)30(39)31(40)37(28)32-35-36-33(44-32)43-18-22-8-5-6-11-25(22)34/h5-13,16-17,19,28,38H,3-4,14-15,18H2,1-2H3/t19-,28-/m1/s1. The van der Waals surface area contributed by atoms with Crippen LogP contribution in [-0.2, 0) is 21.8 Å². The number of aliphatic hydroxyl groups excluding tert-OH is 1. The number of nitrogens with zero attached hydrogens (tertiary/aromatic N) is 3. The number of carbonyl (C=O) groups excluding carboxylic acids is 2. The van der Waals surface area contributed by atoms with Gasteiger partial charge in [0.25, 0.3) is 5.78 Å². The summed E-state index contributed by atoms with van der Waals surface area (Å²) in [5.74, 6) is -0.611. The Morgan fingerprint density at radius 2 is 1.98 bits per heavy atom. The Morgan fingerprint density at radius 3 is 2.80 bits per heavy atom. The van der Waals surface area contributed by atoms with Crippen LogP contribution < -0.4 is 14.4 Å². The van der Waals surface area contributed by atoms with Gasteiger partial charge in [0.1, 0.15) is 29.2 Å². The Bertz CT molecular complexity index is 1760. The molecular formula is C33H30FN3O5S2. The van der Waals surface area contributed by atoms with Crippen molar-refractivity contribution >= 4 is 45.7 Å². The van der Waals surface area contributed by atoms with Crippen LogP contribution in [0.15, 0.2) is 76.6 Å². The minimum absolute atomic E-state index is 0.00581. The number of amides is 1. The normalized spacial score (nSPS) is 18.8. The van der Waals surface area contributed by atoms with Gasteiger partial charge in [-0.05, 0) is 66.4 Å².